The zero-order valence-electron chi connectivity index (χ0n) is 15.8. The standard InChI is InChI=1S/C24H30N2/c1-2-3-6-15-24(26-17-16-25-20-26)23(18-21-11-7-4-8-12-21)19-22-13-9-5-10-14-22/h4-5,7-14,16-17,20,23-24H,2-3,6,15,18-19H2,1H3. The quantitative estimate of drug-likeness (QED) is 0.405. The number of rotatable bonds is 10. The number of hydrogen-bond acceptors (Lipinski definition) is 1. The number of nitrogens with zero attached hydrogens (tertiary/aromatic N) is 2. The molecule has 1 unspecified atom stereocenters. The Bertz CT molecular complexity index is 678. The molecule has 2 aromatic carbocycles. The Morgan fingerprint density at radius 2 is 1.46 bits per heavy atom. The van der Waals surface area contributed by atoms with E-state index in [1.165, 1.54) is 36.8 Å². The van der Waals surface area contributed by atoms with E-state index in [1.54, 1.807) is 0 Å². The fourth-order valence-electron chi connectivity index (χ4n) is 3.88. The molecule has 3 rings (SSSR count). The third-order valence-electron chi connectivity index (χ3n) is 5.24. The van der Waals surface area contributed by atoms with Crippen LogP contribution in [0.3, 0.4) is 0 Å². The minimum Gasteiger partial charge on any atom is -0.334 e. The first kappa shape index (κ1) is 18.4. The maximum Gasteiger partial charge on any atom is 0.0948 e. The zero-order valence-corrected chi connectivity index (χ0v) is 15.8. The molecule has 1 heterocycles. The average molecular weight is 347 g/mol. The fraction of sp³-hybridized carbons (Fsp3) is 0.375. The van der Waals surface area contributed by atoms with E-state index in [4.69, 9.17) is 0 Å². The molecule has 0 aliphatic rings. The first-order chi connectivity index (χ1) is 12.9. The highest BCUT2D eigenvalue weighted by Crippen LogP contribution is 2.30. The Morgan fingerprint density at radius 3 is 1.96 bits per heavy atom. The Balaban J connectivity index is 1.84. The summed E-state index contributed by atoms with van der Waals surface area (Å²) in [5, 5.41) is 0. The summed E-state index contributed by atoms with van der Waals surface area (Å²) < 4.78 is 2.34. The van der Waals surface area contributed by atoms with Gasteiger partial charge >= 0.3 is 0 Å². The Morgan fingerprint density at radius 1 is 0.846 bits per heavy atom. The molecule has 2 nitrogen and oxygen atoms in total. The smallest absolute Gasteiger partial charge is 0.0948 e. The molecule has 0 fully saturated rings. The third-order valence-corrected chi connectivity index (χ3v) is 5.24. The SMILES string of the molecule is CCCCCC(C(Cc1ccccc1)Cc1ccccc1)n1ccnc1. The normalized spacial score (nSPS) is 12.4. The molecule has 0 amide bonds. The van der Waals surface area contributed by atoms with Crippen molar-refractivity contribution in [3.8, 4) is 0 Å². The Hall–Kier alpha value is -2.35. The molecule has 2 heteroatoms. The van der Waals surface area contributed by atoms with E-state index in [2.05, 4.69) is 83.3 Å². The van der Waals surface area contributed by atoms with Gasteiger partial charge in [0.2, 0.25) is 0 Å². The van der Waals surface area contributed by atoms with Crippen LogP contribution in [0.4, 0.5) is 0 Å². The molecular formula is C24H30N2. The van der Waals surface area contributed by atoms with E-state index in [0.717, 1.165) is 12.8 Å². The van der Waals surface area contributed by atoms with Gasteiger partial charge in [-0.15, -0.1) is 0 Å². The molecule has 26 heavy (non-hydrogen) atoms. The number of unbranched alkanes of at least 4 members (excludes halogenated alkanes) is 2. The predicted octanol–water partition coefficient (Wildman–Crippen LogP) is 6.11. The maximum atomic E-state index is 4.33. The van der Waals surface area contributed by atoms with Gasteiger partial charge in [0.1, 0.15) is 0 Å². The monoisotopic (exact) mass is 346 g/mol. The average Bonchev–Trinajstić information content (AvgIpc) is 3.21. The van der Waals surface area contributed by atoms with Gasteiger partial charge in [-0.2, -0.15) is 0 Å². The third kappa shape index (κ3) is 5.32. The molecule has 0 spiro atoms. The van der Waals surface area contributed by atoms with Crippen molar-refractivity contribution in [1.82, 2.24) is 9.55 Å². The van der Waals surface area contributed by atoms with Crippen LogP contribution in [0.25, 0.3) is 0 Å². The molecule has 0 radical (unpaired) electrons. The van der Waals surface area contributed by atoms with E-state index in [9.17, 15) is 0 Å². The van der Waals surface area contributed by atoms with Crippen molar-refractivity contribution < 1.29 is 0 Å². The summed E-state index contributed by atoms with van der Waals surface area (Å²) in [6.45, 7) is 2.28. The Labute approximate surface area is 157 Å². The molecule has 0 aliphatic heterocycles. The largest absolute Gasteiger partial charge is 0.334 e. The highest BCUT2D eigenvalue weighted by atomic mass is 15.1. The minimum atomic E-state index is 0.490. The summed E-state index contributed by atoms with van der Waals surface area (Å²) in [5.41, 5.74) is 2.85. The molecule has 0 saturated carbocycles. The van der Waals surface area contributed by atoms with Crippen molar-refractivity contribution in [3.63, 3.8) is 0 Å². The van der Waals surface area contributed by atoms with Crippen LogP contribution in [0.5, 0.6) is 0 Å². The first-order valence-electron chi connectivity index (χ1n) is 9.92. The van der Waals surface area contributed by atoms with Crippen molar-refractivity contribution >= 4 is 0 Å². The summed E-state index contributed by atoms with van der Waals surface area (Å²) in [6.07, 6.45) is 13.3. The summed E-state index contributed by atoms with van der Waals surface area (Å²) in [6, 6.07) is 22.3. The summed E-state index contributed by atoms with van der Waals surface area (Å²) in [4.78, 5) is 4.33. The van der Waals surface area contributed by atoms with Crippen LogP contribution in [0.1, 0.15) is 49.8 Å². The second-order valence-corrected chi connectivity index (χ2v) is 7.21. The maximum absolute atomic E-state index is 4.33. The van der Waals surface area contributed by atoms with Crippen molar-refractivity contribution in [2.75, 3.05) is 0 Å². The predicted molar refractivity (Wildman–Crippen MR) is 109 cm³/mol. The van der Waals surface area contributed by atoms with Crippen LogP contribution >= 0.6 is 0 Å². The van der Waals surface area contributed by atoms with E-state index in [1.807, 2.05) is 12.5 Å². The molecule has 1 atom stereocenters. The molecule has 3 aromatic rings. The van der Waals surface area contributed by atoms with Gasteiger partial charge in [-0.3, -0.25) is 0 Å². The lowest BCUT2D eigenvalue weighted by atomic mass is 9.84. The van der Waals surface area contributed by atoms with Gasteiger partial charge < -0.3 is 4.57 Å². The molecular weight excluding hydrogens is 316 g/mol. The van der Waals surface area contributed by atoms with Crippen LogP contribution in [-0.4, -0.2) is 9.55 Å². The van der Waals surface area contributed by atoms with Crippen LogP contribution in [-0.2, 0) is 12.8 Å². The molecule has 0 N–H and O–H groups in total. The van der Waals surface area contributed by atoms with Crippen molar-refractivity contribution in [1.29, 1.82) is 0 Å². The van der Waals surface area contributed by atoms with Crippen LogP contribution in [0, 0.1) is 5.92 Å². The summed E-state index contributed by atoms with van der Waals surface area (Å²) in [7, 11) is 0. The van der Waals surface area contributed by atoms with Gasteiger partial charge in [-0.1, -0.05) is 86.8 Å². The van der Waals surface area contributed by atoms with E-state index < -0.39 is 0 Å². The van der Waals surface area contributed by atoms with Gasteiger partial charge in [0.15, 0.2) is 0 Å². The topological polar surface area (TPSA) is 17.8 Å². The van der Waals surface area contributed by atoms with E-state index >= 15 is 0 Å². The van der Waals surface area contributed by atoms with Crippen molar-refractivity contribution in [2.45, 2.75) is 51.5 Å². The molecule has 0 aliphatic carbocycles. The number of aromatic nitrogens is 2. The first-order valence-corrected chi connectivity index (χ1v) is 9.92. The molecule has 136 valence electrons. The van der Waals surface area contributed by atoms with Crippen molar-refractivity contribution in [3.05, 3.63) is 90.5 Å². The summed E-state index contributed by atoms with van der Waals surface area (Å²) >= 11 is 0. The van der Waals surface area contributed by atoms with Gasteiger partial charge in [0.05, 0.1) is 6.33 Å². The van der Waals surface area contributed by atoms with Crippen LogP contribution < -0.4 is 0 Å². The van der Waals surface area contributed by atoms with Gasteiger partial charge in [-0.25, -0.2) is 4.98 Å². The molecule has 0 saturated heterocycles. The van der Waals surface area contributed by atoms with Crippen molar-refractivity contribution in [2.24, 2.45) is 5.92 Å². The molecule has 1 aromatic heterocycles. The van der Waals surface area contributed by atoms with Gasteiger partial charge in [0.25, 0.3) is 0 Å². The Kier molecular flexibility index (Phi) is 7.06. The second-order valence-electron chi connectivity index (χ2n) is 7.21. The zero-order chi connectivity index (χ0) is 18.0. The molecule has 0 bridgehead atoms. The number of imidazole rings is 1. The fourth-order valence-corrected chi connectivity index (χ4v) is 3.88. The lowest BCUT2D eigenvalue weighted by molar-refractivity contribution is 0.297. The number of hydrogen-bond donors (Lipinski definition) is 0. The van der Waals surface area contributed by atoms with Crippen LogP contribution in [0.2, 0.25) is 0 Å². The number of benzene rings is 2. The lowest BCUT2D eigenvalue weighted by Crippen LogP contribution is -2.23. The lowest BCUT2D eigenvalue weighted by Gasteiger charge is -2.29. The van der Waals surface area contributed by atoms with E-state index in [0.29, 0.717) is 12.0 Å². The second kappa shape index (κ2) is 9.96. The summed E-state index contributed by atoms with van der Waals surface area (Å²) in [5.74, 6) is 0.561. The van der Waals surface area contributed by atoms with E-state index in [-0.39, 0.29) is 0 Å². The van der Waals surface area contributed by atoms with Crippen LogP contribution in [0.15, 0.2) is 79.4 Å². The van der Waals surface area contributed by atoms with Gasteiger partial charge in [0, 0.05) is 18.4 Å². The highest BCUT2D eigenvalue weighted by molar-refractivity contribution is 5.19. The highest BCUT2D eigenvalue weighted by Gasteiger charge is 2.23. The van der Waals surface area contributed by atoms with Gasteiger partial charge in [-0.05, 0) is 36.3 Å². The minimum absolute atomic E-state index is 0.490.